The van der Waals surface area contributed by atoms with Gasteiger partial charge in [-0.05, 0) is 61.4 Å². The number of hydrogen-bond donors (Lipinski definition) is 2. The Labute approximate surface area is 134 Å². The van der Waals surface area contributed by atoms with Gasteiger partial charge in [0.15, 0.2) is 6.61 Å². The largest absolute Gasteiger partial charge is 0.482 e. The molecule has 0 amide bonds. The Kier molecular flexibility index (Phi) is 4.90. The minimum atomic E-state index is -3.71. The van der Waals surface area contributed by atoms with E-state index in [0.29, 0.717) is 5.69 Å². The number of hydrogen-bond acceptors (Lipinski definition) is 4. The van der Waals surface area contributed by atoms with Gasteiger partial charge in [0.2, 0.25) is 0 Å². The summed E-state index contributed by atoms with van der Waals surface area (Å²) in [4.78, 5) is 10.5. The first-order valence-electron chi connectivity index (χ1n) is 6.83. The number of anilines is 1. The average Bonchev–Trinajstić information content (AvgIpc) is 2.49. The van der Waals surface area contributed by atoms with Gasteiger partial charge in [0.1, 0.15) is 5.75 Å². The summed E-state index contributed by atoms with van der Waals surface area (Å²) in [5.74, 6) is -0.810. The molecule has 6 nitrogen and oxygen atoms in total. The van der Waals surface area contributed by atoms with E-state index in [-0.39, 0.29) is 10.6 Å². The Morgan fingerprint density at radius 2 is 1.74 bits per heavy atom. The Morgan fingerprint density at radius 1 is 1.09 bits per heavy atom. The van der Waals surface area contributed by atoms with Crippen LogP contribution in [0.3, 0.4) is 0 Å². The first kappa shape index (κ1) is 16.8. The van der Waals surface area contributed by atoms with E-state index in [4.69, 9.17) is 9.84 Å². The zero-order valence-electron chi connectivity index (χ0n) is 12.7. The second-order valence-corrected chi connectivity index (χ2v) is 6.74. The summed E-state index contributed by atoms with van der Waals surface area (Å²) < 4.78 is 32.1. The average molecular weight is 335 g/mol. The van der Waals surface area contributed by atoms with Gasteiger partial charge in [-0.1, -0.05) is 6.07 Å². The molecule has 0 heterocycles. The maximum atomic E-state index is 12.3. The standard InChI is InChI=1S/C16H17NO5S/c1-11-3-4-13(9-12(11)2)17-23(20,21)15-7-5-14(6-8-15)22-10-16(18)19/h3-9,17H,10H2,1-2H3,(H,18,19). The van der Waals surface area contributed by atoms with Gasteiger partial charge < -0.3 is 9.84 Å². The maximum Gasteiger partial charge on any atom is 0.341 e. The van der Waals surface area contributed by atoms with Gasteiger partial charge in [0.25, 0.3) is 10.0 Å². The fraction of sp³-hybridized carbons (Fsp3) is 0.188. The third kappa shape index (κ3) is 4.46. The van der Waals surface area contributed by atoms with Crippen molar-refractivity contribution in [2.24, 2.45) is 0 Å². The van der Waals surface area contributed by atoms with Crippen molar-refractivity contribution in [2.75, 3.05) is 11.3 Å². The first-order chi connectivity index (χ1) is 10.8. The normalized spacial score (nSPS) is 11.0. The number of aryl methyl sites for hydroxylation is 2. The van der Waals surface area contributed by atoms with Crippen molar-refractivity contribution in [1.29, 1.82) is 0 Å². The van der Waals surface area contributed by atoms with Crippen LogP contribution in [0.25, 0.3) is 0 Å². The molecule has 0 saturated heterocycles. The molecule has 7 heteroatoms. The van der Waals surface area contributed by atoms with Gasteiger partial charge in [-0.3, -0.25) is 4.72 Å². The molecule has 0 unspecified atom stereocenters. The van der Waals surface area contributed by atoms with E-state index >= 15 is 0 Å². The topological polar surface area (TPSA) is 92.7 Å². The lowest BCUT2D eigenvalue weighted by Gasteiger charge is -2.10. The predicted octanol–water partition coefficient (Wildman–Crippen LogP) is 2.57. The third-order valence-corrected chi connectivity index (χ3v) is 4.65. The highest BCUT2D eigenvalue weighted by molar-refractivity contribution is 7.92. The summed E-state index contributed by atoms with van der Waals surface area (Å²) in [6.07, 6.45) is 0. The number of carboxylic acid groups (broad SMARTS) is 1. The van der Waals surface area contributed by atoms with Crippen molar-refractivity contribution in [3.8, 4) is 5.75 Å². The van der Waals surface area contributed by atoms with Crippen molar-refractivity contribution in [1.82, 2.24) is 0 Å². The van der Waals surface area contributed by atoms with Gasteiger partial charge in [0.05, 0.1) is 4.90 Å². The van der Waals surface area contributed by atoms with E-state index < -0.39 is 22.6 Å². The van der Waals surface area contributed by atoms with E-state index in [1.54, 1.807) is 12.1 Å². The molecule has 0 aliphatic carbocycles. The van der Waals surface area contributed by atoms with Crippen molar-refractivity contribution in [2.45, 2.75) is 18.7 Å². The highest BCUT2D eigenvalue weighted by Crippen LogP contribution is 2.21. The number of nitrogens with one attached hydrogen (secondary N) is 1. The molecule has 0 spiro atoms. The summed E-state index contributed by atoms with van der Waals surface area (Å²) in [5.41, 5.74) is 2.55. The zero-order valence-corrected chi connectivity index (χ0v) is 13.6. The van der Waals surface area contributed by atoms with Gasteiger partial charge in [0, 0.05) is 5.69 Å². The molecule has 0 atom stereocenters. The molecule has 0 aromatic heterocycles. The van der Waals surface area contributed by atoms with E-state index in [9.17, 15) is 13.2 Å². The molecule has 0 radical (unpaired) electrons. The van der Waals surface area contributed by atoms with Crippen LogP contribution in [0, 0.1) is 13.8 Å². The first-order valence-corrected chi connectivity index (χ1v) is 8.31. The highest BCUT2D eigenvalue weighted by Gasteiger charge is 2.14. The van der Waals surface area contributed by atoms with Crippen LogP contribution in [0.2, 0.25) is 0 Å². The van der Waals surface area contributed by atoms with Crippen molar-refractivity contribution in [3.63, 3.8) is 0 Å². The lowest BCUT2D eigenvalue weighted by atomic mass is 10.1. The number of carboxylic acids is 1. The fourth-order valence-electron chi connectivity index (χ4n) is 1.88. The SMILES string of the molecule is Cc1ccc(NS(=O)(=O)c2ccc(OCC(=O)O)cc2)cc1C. The van der Waals surface area contributed by atoms with E-state index in [1.807, 2.05) is 19.9 Å². The zero-order chi connectivity index (χ0) is 17.0. The number of carbonyl (C=O) groups is 1. The molecular weight excluding hydrogens is 318 g/mol. The van der Waals surface area contributed by atoms with Crippen molar-refractivity contribution >= 4 is 21.7 Å². The molecule has 0 saturated carbocycles. The number of ether oxygens (including phenoxy) is 1. The summed E-state index contributed by atoms with van der Waals surface area (Å²) in [6, 6.07) is 10.9. The van der Waals surface area contributed by atoms with Crippen LogP contribution in [-0.2, 0) is 14.8 Å². The van der Waals surface area contributed by atoms with E-state index in [1.165, 1.54) is 24.3 Å². The monoisotopic (exact) mass is 335 g/mol. The van der Waals surface area contributed by atoms with Crippen molar-refractivity contribution < 1.29 is 23.1 Å². The molecular formula is C16H17NO5S. The highest BCUT2D eigenvalue weighted by atomic mass is 32.2. The molecule has 0 fully saturated rings. The molecule has 23 heavy (non-hydrogen) atoms. The second kappa shape index (κ2) is 6.70. The Bertz CT molecular complexity index is 813. The Morgan fingerprint density at radius 3 is 2.30 bits per heavy atom. The lowest BCUT2D eigenvalue weighted by Crippen LogP contribution is -2.13. The molecule has 2 aromatic rings. The van der Waals surface area contributed by atoms with E-state index in [2.05, 4.69) is 4.72 Å². The quantitative estimate of drug-likeness (QED) is 0.846. The van der Waals surface area contributed by atoms with Crippen LogP contribution >= 0.6 is 0 Å². The predicted molar refractivity (Wildman–Crippen MR) is 86.3 cm³/mol. The summed E-state index contributed by atoms with van der Waals surface area (Å²) >= 11 is 0. The number of rotatable bonds is 6. The van der Waals surface area contributed by atoms with Crippen LogP contribution in [0.4, 0.5) is 5.69 Å². The van der Waals surface area contributed by atoms with Gasteiger partial charge in [-0.15, -0.1) is 0 Å². The lowest BCUT2D eigenvalue weighted by molar-refractivity contribution is -0.139. The fourth-order valence-corrected chi connectivity index (χ4v) is 2.93. The summed E-state index contributed by atoms with van der Waals surface area (Å²) in [5, 5.41) is 8.53. The van der Waals surface area contributed by atoms with Crippen LogP contribution in [-0.4, -0.2) is 26.1 Å². The minimum absolute atomic E-state index is 0.0680. The molecule has 2 N–H and O–H groups in total. The second-order valence-electron chi connectivity index (χ2n) is 5.06. The Balaban J connectivity index is 2.15. The van der Waals surface area contributed by atoms with Gasteiger partial charge in [-0.25, -0.2) is 13.2 Å². The Hall–Kier alpha value is -2.54. The number of sulfonamides is 1. The molecule has 2 rings (SSSR count). The smallest absolute Gasteiger partial charge is 0.341 e. The van der Waals surface area contributed by atoms with Crippen LogP contribution in [0.1, 0.15) is 11.1 Å². The van der Waals surface area contributed by atoms with Crippen molar-refractivity contribution in [3.05, 3.63) is 53.6 Å². The molecule has 2 aromatic carbocycles. The van der Waals surface area contributed by atoms with Gasteiger partial charge >= 0.3 is 5.97 Å². The third-order valence-electron chi connectivity index (χ3n) is 3.26. The van der Waals surface area contributed by atoms with E-state index in [0.717, 1.165) is 11.1 Å². The summed E-state index contributed by atoms with van der Waals surface area (Å²) in [6.45, 7) is 3.37. The summed E-state index contributed by atoms with van der Waals surface area (Å²) in [7, 11) is -3.71. The molecule has 0 aliphatic rings. The molecule has 122 valence electrons. The number of aliphatic carboxylic acids is 1. The molecule has 0 aliphatic heterocycles. The maximum absolute atomic E-state index is 12.3. The van der Waals surface area contributed by atoms with Crippen LogP contribution in [0.5, 0.6) is 5.75 Å². The number of benzene rings is 2. The minimum Gasteiger partial charge on any atom is -0.482 e. The van der Waals surface area contributed by atoms with Crippen LogP contribution < -0.4 is 9.46 Å². The van der Waals surface area contributed by atoms with Gasteiger partial charge in [-0.2, -0.15) is 0 Å². The molecule has 0 bridgehead atoms. The van der Waals surface area contributed by atoms with Crippen LogP contribution in [0.15, 0.2) is 47.4 Å².